The van der Waals surface area contributed by atoms with Crippen LogP contribution in [0.2, 0.25) is 0 Å². The molecular formula is C34H33F3O5. The second-order valence-electron chi connectivity index (χ2n) is 9.61. The molecule has 1 unspecified atom stereocenters. The zero-order valence-electron chi connectivity index (χ0n) is 23.9. The van der Waals surface area contributed by atoms with Crippen molar-refractivity contribution in [3.63, 3.8) is 0 Å². The van der Waals surface area contributed by atoms with Crippen molar-refractivity contribution in [2.24, 2.45) is 0 Å². The number of benzene rings is 3. The highest BCUT2D eigenvalue weighted by molar-refractivity contribution is 6.01. The molecule has 0 saturated carbocycles. The van der Waals surface area contributed by atoms with Gasteiger partial charge in [0.1, 0.15) is 29.6 Å². The molecule has 42 heavy (non-hydrogen) atoms. The summed E-state index contributed by atoms with van der Waals surface area (Å²) in [5.74, 6) is 0.914. The topological polar surface area (TPSA) is 72.8 Å². The minimum absolute atomic E-state index is 0.156. The molecule has 0 bridgehead atoms. The molecule has 3 aromatic rings. The van der Waals surface area contributed by atoms with Gasteiger partial charge < -0.3 is 19.4 Å². The van der Waals surface area contributed by atoms with Gasteiger partial charge >= 0.3 is 6.18 Å². The summed E-state index contributed by atoms with van der Waals surface area (Å²) in [6, 6.07) is 15.4. The minimum Gasteiger partial charge on any atom is -0.482 e. The number of hydrogen-bond acceptors (Lipinski definition) is 5. The third-order valence-electron chi connectivity index (χ3n) is 6.50. The largest absolute Gasteiger partial charge is 0.482 e. The van der Waals surface area contributed by atoms with E-state index < -0.39 is 17.8 Å². The number of aliphatic hydroxyl groups is 1. The van der Waals surface area contributed by atoms with Crippen molar-refractivity contribution in [2.45, 2.75) is 45.9 Å². The van der Waals surface area contributed by atoms with Crippen LogP contribution in [0, 0.1) is 6.92 Å². The number of allylic oxidation sites excluding steroid dienone is 3. The molecule has 1 aliphatic rings. The van der Waals surface area contributed by atoms with E-state index in [-0.39, 0.29) is 17.1 Å². The Balaban J connectivity index is 0.00000237. The van der Waals surface area contributed by atoms with Crippen molar-refractivity contribution in [1.82, 2.24) is 0 Å². The number of ether oxygens (including phenoxy) is 2. The number of ketones is 1. The average molecular weight is 579 g/mol. The Morgan fingerprint density at radius 2 is 1.74 bits per heavy atom. The molecule has 5 nitrogen and oxygen atoms in total. The lowest BCUT2D eigenvalue weighted by atomic mass is 9.95. The van der Waals surface area contributed by atoms with Gasteiger partial charge in [0.15, 0.2) is 5.78 Å². The van der Waals surface area contributed by atoms with E-state index >= 15 is 0 Å². The molecule has 1 atom stereocenters. The van der Waals surface area contributed by atoms with E-state index in [1.807, 2.05) is 44.2 Å². The quantitative estimate of drug-likeness (QED) is 0.207. The number of alkyl halides is 3. The number of rotatable bonds is 9. The molecule has 1 aliphatic carbocycles. The van der Waals surface area contributed by atoms with Crippen molar-refractivity contribution >= 4 is 12.1 Å². The smallest absolute Gasteiger partial charge is 0.416 e. The highest BCUT2D eigenvalue weighted by Gasteiger charge is 2.32. The Kier molecular flexibility index (Phi) is 11.0. The summed E-state index contributed by atoms with van der Waals surface area (Å²) in [6.07, 6.45) is 4.14. The molecule has 4 rings (SSSR count). The van der Waals surface area contributed by atoms with Crippen LogP contribution in [0.25, 0.3) is 11.1 Å². The van der Waals surface area contributed by atoms with Crippen LogP contribution >= 0.6 is 0 Å². The van der Waals surface area contributed by atoms with E-state index in [9.17, 15) is 22.8 Å². The van der Waals surface area contributed by atoms with Gasteiger partial charge in [0.05, 0.1) is 5.56 Å². The third-order valence-corrected chi connectivity index (χ3v) is 6.50. The molecule has 1 N–H and O–H groups in total. The van der Waals surface area contributed by atoms with Gasteiger partial charge in [0, 0.05) is 30.7 Å². The SMILES string of the molecule is CC(=O)c1ccccc1-c1cc(C(F)(F)F)ccc1OC1=CC(Oc2ccc(CCC=O)c(C)c2)C=CC(C)=C1.CO. The molecule has 0 fully saturated rings. The fraction of sp³-hybridized carbons (Fsp3) is 0.235. The molecule has 0 radical (unpaired) electrons. The molecule has 220 valence electrons. The number of carbonyl (C=O) groups is 2. The Labute approximate surface area is 243 Å². The first-order valence-corrected chi connectivity index (χ1v) is 13.3. The van der Waals surface area contributed by atoms with Crippen LogP contribution in [0.4, 0.5) is 13.2 Å². The number of aryl methyl sites for hydroxylation is 2. The lowest BCUT2D eigenvalue weighted by molar-refractivity contribution is -0.137. The number of Topliss-reactive ketones (excluding diaryl/α,β-unsaturated/α-hetero) is 1. The predicted octanol–water partition coefficient (Wildman–Crippen LogP) is 7.85. The van der Waals surface area contributed by atoms with E-state index in [1.54, 1.807) is 36.4 Å². The Morgan fingerprint density at radius 1 is 1.00 bits per heavy atom. The molecule has 0 amide bonds. The second-order valence-corrected chi connectivity index (χ2v) is 9.61. The Bertz CT molecular complexity index is 1520. The lowest BCUT2D eigenvalue weighted by Crippen LogP contribution is -2.12. The van der Waals surface area contributed by atoms with Gasteiger partial charge in [0.2, 0.25) is 0 Å². The molecule has 0 spiro atoms. The molecule has 3 aromatic carbocycles. The first kappa shape index (κ1) is 32.1. The van der Waals surface area contributed by atoms with Gasteiger partial charge in [-0.25, -0.2) is 0 Å². The van der Waals surface area contributed by atoms with Gasteiger partial charge in [-0.05, 0) is 91.9 Å². The number of carbonyl (C=O) groups excluding carboxylic acids is 2. The van der Waals surface area contributed by atoms with Crippen LogP contribution in [0.5, 0.6) is 11.5 Å². The number of halogens is 3. The molecule has 0 saturated heterocycles. The number of aldehydes is 1. The van der Waals surface area contributed by atoms with E-state index in [0.29, 0.717) is 35.5 Å². The van der Waals surface area contributed by atoms with E-state index in [1.165, 1.54) is 13.0 Å². The van der Waals surface area contributed by atoms with Crippen molar-refractivity contribution in [1.29, 1.82) is 0 Å². The van der Waals surface area contributed by atoms with Crippen LogP contribution in [-0.4, -0.2) is 30.4 Å². The van der Waals surface area contributed by atoms with E-state index in [2.05, 4.69) is 0 Å². The summed E-state index contributed by atoms with van der Waals surface area (Å²) >= 11 is 0. The van der Waals surface area contributed by atoms with Crippen molar-refractivity contribution < 1.29 is 37.3 Å². The van der Waals surface area contributed by atoms with Gasteiger partial charge in [-0.1, -0.05) is 36.4 Å². The second kappa shape index (κ2) is 14.5. The summed E-state index contributed by atoms with van der Waals surface area (Å²) in [6.45, 7) is 5.20. The first-order valence-electron chi connectivity index (χ1n) is 13.3. The average Bonchev–Trinajstić information content (AvgIpc) is 3.13. The highest BCUT2D eigenvalue weighted by Crippen LogP contribution is 2.39. The molecular weight excluding hydrogens is 545 g/mol. The number of hydrogen-bond donors (Lipinski definition) is 1. The summed E-state index contributed by atoms with van der Waals surface area (Å²) in [5.41, 5.74) is 2.88. The van der Waals surface area contributed by atoms with Crippen LogP contribution in [0.3, 0.4) is 0 Å². The summed E-state index contributed by atoms with van der Waals surface area (Å²) in [5, 5.41) is 7.00. The first-order chi connectivity index (χ1) is 20.0. The maximum atomic E-state index is 13.6. The minimum atomic E-state index is -4.57. The van der Waals surface area contributed by atoms with E-state index in [4.69, 9.17) is 14.6 Å². The lowest BCUT2D eigenvalue weighted by Gasteiger charge is -2.18. The predicted molar refractivity (Wildman–Crippen MR) is 157 cm³/mol. The fourth-order valence-electron chi connectivity index (χ4n) is 4.47. The zero-order valence-corrected chi connectivity index (χ0v) is 23.9. The fourth-order valence-corrected chi connectivity index (χ4v) is 4.47. The monoisotopic (exact) mass is 578 g/mol. The summed E-state index contributed by atoms with van der Waals surface area (Å²) < 4.78 is 53.3. The third kappa shape index (κ3) is 8.30. The normalized spacial score (nSPS) is 14.5. The highest BCUT2D eigenvalue weighted by atomic mass is 19.4. The Hall–Kier alpha value is -4.43. The van der Waals surface area contributed by atoms with E-state index in [0.717, 1.165) is 42.2 Å². The molecule has 8 heteroatoms. The maximum Gasteiger partial charge on any atom is 0.416 e. The molecule has 0 heterocycles. The van der Waals surface area contributed by atoms with Crippen LogP contribution in [0.1, 0.15) is 47.3 Å². The standard InChI is InChI=1S/C33H29F3O4.CH4O/c1-21-10-13-27(39-26-14-11-24(7-6-16-37)22(2)18-26)20-28(17-21)40-32-15-12-25(33(34,35)36)19-31(32)30-9-5-4-8-29(30)23(3)38;1-2/h4-5,8-20,27H,6-7H2,1-3H3;2H,1H3. The number of aliphatic hydroxyl groups excluding tert-OH is 1. The molecule has 0 aliphatic heterocycles. The van der Waals surface area contributed by atoms with Gasteiger partial charge in [-0.2, -0.15) is 13.2 Å². The zero-order chi connectivity index (χ0) is 30.9. The maximum absolute atomic E-state index is 13.6. The van der Waals surface area contributed by atoms with Gasteiger partial charge in [-0.3, -0.25) is 4.79 Å². The van der Waals surface area contributed by atoms with Gasteiger partial charge in [0.25, 0.3) is 0 Å². The summed E-state index contributed by atoms with van der Waals surface area (Å²) in [4.78, 5) is 23.0. The summed E-state index contributed by atoms with van der Waals surface area (Å²) in [7, 11) is 1.00. The van der Waals surface area contributed by atoms with Crippen molar-refractivity contribution in [3.8, 4) is 22.6 Å². The van der Waals surface area contributed by atoms with Crippen LogP contribution in [-0.2, 0) is 17.4 Å². The van der Waals surface area contributed by atoms with Crippen molar-refractivity contribution in [2.75, 3.05) is 7.11 Å². The van der Waals surface area contributed by atoms with Crippen LogP contribution < -0.4 is 9.47 Å². The Morgan fingerprint density at radius 3 is 2.40 bits per heavy atom. The van der Waals surface area contributed by atoms with Crippen LogP contribution in [0.15, 0.2) is 96.3 Å². The van der Waals surface area contributed by atoms with Gasteiger partial charge in [-0.15, -0.1) is 0 Å². The molecule has 0 aromatic heterocycles. The van der Waals surface area contributed by atoms with Crippen molar-refractivity contribution in [3.05, 3.63) is 119 Å².